The number of urea groups is 1. The van der Waals surface area contributed by atoms with Gasteiger partial charge in [0.1, 0.15) is 5.82 Å². The van der Waals surface area contributed by atoms with Gasteiger partial charge in [0.2, 0.25) is 0 Å². The van der Waals surface area contributed by atoms with Crippen LogP contribution in [0.15, 0.2) is 24.3 Å². The third-order valence-corrected chi connectivity index (χ3v) is 5.07. The number of carbonyl (C=O) groups is 2. The Morgan fingerprint density at radius 1 is 1.16 bits per heavy atom. The zero-order chi connectivity index (χ0) is 18.0. The number of nitrogens with zero attached hydrogens (tertiary/aromatic N) is 1. The average molecular weight is 347 g/mol. The topological polar surface area (TPSA) is 61.4 Å². The number of benzene rings is 1. The van der Waals surface area contributed by atoms with Crippen LogP contribution in [0, 0.1) is 11.7 Å². The van der Waals surface area contributed by atoms with Crippen molar-refractivity contribution in [3.8, 4) is 0 Å². The number of hydrogen-bond donors (Lipinski definition) is 2. The molecule has 2 N–H and O–H groups in total. The van der Waals surface area contributed by atoms with Crippen LogP contribution < -0.4 is 10.6 Å². The molecule has 0 aromatic heterocycles. The molecule has 3 rings (SSSR count). The summed E-state index contributed by atoms with van der Waals surface area (Å²) in [7, 11) is 0. The maximum atomic E-state index is 13.0. The molecule has 2 atom stereocenters. The van der Waals surface area contributed by atoms with Crippen molar-refractivity contribution in [1.82, 2.24) is 15.5 Å². The SMILES string of the molecule is CC(C)CNC(=O)N1C2CCC1CC(NC(=O)c1ccc(F)cc1)C2. The van der Waals surface area contributed by atoms with Crippen LogP contribution in [0.2, 0.25) is 0 Å². The molecule has 2 heterocycles. The zero-order valence-electron chi connectivity index (χ0n) is 14.8. The summed E-state index contributed by atoms with van der Waals surface area (Å²) in [5, 5.41) is 6.05. The minimum Gasteiger partial charge on any atom is -0.349 e. The van der Waals surface area contributed by atoms with Crippen LogP contribution in [-0.2, 0) is 0 Å². The molecule has 5 nitrogen and oxygen atoms in total. The minimum absolute atomic E-state index is 0.0181. The summed E-state index contributed by atoms with van der Waals surface area (Å²) in [6.45, 7) is 4.83. The molecule has 0 radical (unpaired) electrons. The Bertz CT molecular complexity index is 618. The third kappa shape index (κ3) is 4.11. The Hall–Kier alpha value is -2.11. The maximum absolute atomic E-state index is 13.0. The normalized spacial score (nSPS) is 25.1. The molecule has 3 amide bonds. The van der Waals surface area contributed by atoms with Gasteiger partial charge in [-0.15, -0.1) is 0 Å². The van der Waals surface area contributed by atoms with E-state index in [0.717, 1.165) is 25.7 Å². The highest BCUT2D eigenvalue weighted by atomic mass is 19.1. The number of hydrogen-bond acceptors (Lipinski definition) is 2. The van der Waals surface area contributed by atoms with Gasteiger partial charge in [0, 0.05) is 30.2 Å². The first-order chi connectivity index (χ1) is 11.9. The second-order valence-electron chi connectivity index (χ2n) is 7.52. The van der Waals surface area contributed by atoms with Crippen LogP contribution in [0.4, 0.5) is 9.18 Å². The molecule has 2 unspecified atom stereocenters. The van der Waals surface area contributed by atoms with E-state index in [-0.39, 0.29) is 35.9 Å². The van der Waals surface area contributed by atoms with Gasteiger partial charge in [0.05, 0.1) is 0 Å². The first kappa shape index (κ1) is 17.7. The van der Waals surface area contributed by atoms with Crippen molar-refractivity contribution in [3.05, 3.63) is 35.6 Å². The zero-order valence-corrected chi connectivity index (χ0v) is 14.8. The van der Waals surface area contributed by atoms with Crippen molar-refractivity contribution in [1.29, 1.82) is 0 Å². The summed E-state index contributed by atoms with van der Waals surface area (Å²) >= 11 is 0. The number of rotatable bonds is 4. The van der Waals surface area contributed by atoms with E-state index in [9.17, 15) is 14.0 Å². The van der Waals surface area contributed by atoms with E-state index < -0.39 is 0 Å². The van der Waals surface area contributed by atoms with Gasteiger partial charge in [0.25, 0.3) is 5.91 Å². The molecule has 25 heavy (non-hydrogen) atoms. The van der Waals surface area contributed by atoms with Crippen LogP contribution in [0.1, 0.15) is 49.9 Å². The van der Waals surface area contributed by atoms with Crippen LogP contribution in [0.25, 0.3) is 0 Å². The molecular weight excluding hydrogens is 321 g/mol. The molecule has 0 saturated carbocycles. The third-order valence-electron chi connectivity index (χ3n) is 5.07. The number of piperidine rings is 1. The highest BCUT2D eigenvalue weighted by Gasteiger charge is 2.43. The van der Waals surface area contributed by atoms with Gasteiger partial charge < -0.3 is 15.5 Å². The summed E-state index contributed by atoms with van der Waals surface area (Å²) < 4.78 is 13.0. The lowest BCUT2D eigenvalue weighted by atomic mass is 9.97. The molecule has 0 aliphatic carbocycles. The van der Waals surface area contributed by atoms with Gasteiger partial charge in [0.15, 0.2) is 0 Å². The van der Waals surface area contributed by atoms with Crippen LogP contribution >= 0.6 is 0 Å². The molecule has 2 fully saturated rings. The number of fused-ring (bicyclic) bond motifs is 2. The second kappa shape index (κ2) is 7.42. The van der Waals surface area contributed by atoms with Gasteiger partial charge in [-0.25, -0.2) is 9.18 Å². The molecule has 2 aliphatic rings. The predicted molar refractivity (Wildman–Crippen MR) is 93.8 cm³/mol. The van der Waals surface area contributed by atoms with Gasteiger partial charge in [-0.05, 0) is 55.9 Å². The number of halogens is 1. The fraction of sp³-hybridized carbons (Fsp3) is 0.579. The van der Waals surface area contributed by atoms with E-state index in [2.05, 4.69) is 24.5 Å². The summed E-state index contributed by atoms with van der Waals surface area (Å²) in [4.78, 5) is 26.7. The fourth-order valence-corrected chi connectivity index (χ4v) is 3.88. The lowest BCUT2D eigenvalue weighted by molar-refractivity contribution is 0.0884. The van der Waals surface area contributed by atoms with E-state index in [0.29, 0.717) is 18.0 Å². The van der Waals surface area contributed by atoms with Gasteiger partial charge in [-0.2, -0.15) is 0 Å². The van der Waals surface area contributed by atoms with E-state index in [1.165, 1.54) is 24.3 Å². The monoisotopic (exact) mass is 347 g/mol. The second-order valence-corrected chi connectivity index (χ2v) is 7.52. The van der Waals surface area contributed by atoms with Crippen molar-refractivity contribution >= 4 is 11.9 Å². The Morgan fingerprint density at radius 2 is 1.76 bits per heavy atom. The van der Waals surface area contributed by atoms with Crippen molar-refractivity contribution in [2.75, 3.05) is 6.54 Å². The Morgan fingerprint density at radius 3 is 2.32 bits per heavy atom. The lowest BCUT2D eigenvalue weighted by Crippen LogP contribution is -2.55. The van der Waals surface area contributed by atoms with Crippen LogP contribution in [-0.4, -0.2) is 41.5 Å². The molecule has 1 aromatic carbocycles. The summed E-state index contributed by atoms with van der Waals surface area (Å²) in [6, 6.07) is 6.02. The van der Waals surface area contributed by atoms with Crippen molar-refractivity contribution in [2.45, 2.75) is 57.7 Å². The molecule has 6 heteroatoms. The first-order valence-corrected chi connectivity index (χ1v) is 9.06. The summed E-state index contributed by atoms with van der Waals surface area (Å²) in [5.41, 5.74) is 0.464. The van der Waals surface area contributed by atoms with E-state index in [1.54, 1.807) is 0 Å². The summed E-state index contributed by atoms with van der Waals surface area (Å²) in [6.07, 6.45) is 3.53. The molecule has 1 aromatic rings. The molecule has 0 spiro atoms. The molecule has 2 saturated heterocycles. The predicted octanol–water partition coefficient (Wildman–Crippen LogP) is 2.92. The van der Waals surface area contributed by atoms with Crippen molar-refractivity contribution < 1.29 is 14.0 Å². The van der Waals surface area contributed by atoms with Gasteiger partial charge in [-0.1, -0.05) is 13.8 Å². The van der Waals surface area contributed by atoms with Crippen LogP contribution in [0.3, 0.4) is 0 Å². The summed E-state index contributed by atoms with van der Waals surface area (Å²) in [5.74, 6) is -0.105. The smallest absolute Gasteiger partial charge is 0.317 e. The lowest BCUT2D eigenvalue weighted by Gasteiger charge is -2.39. The van der Waals surface area contributed by atoms with E-state index in [4.69, 9.17) is 0 Å². The number of carbonyl (C=O) groups excluding carboxylic acids is 2. The minimum atomic E-state index is -0.352. The fourth-order valence-electron chi connectivity index (χ4n) is 3.88. The van der Waals surface area contributed by atoms with Crippen LogP contribution in [0.5, 0.6) is 0 Å². The highest BCUT2D eigenvalue weighted by molar-refractivity contribution is 5.94. The molecule has 136 valence electrons. The Balaban J connectivity index is 1.57. The standard InChI is InChI=1S/C19H26FN3O2/c1-12(2)11-21-19(25)23-16-7-8-17(23)10-15(9-16)22-18(24)13-3-5-14(20)6-4-13/h3-6,12,15-17H,7-11H2,1-2H3,(H,21,25)(H,22,24). The number of nitrogens with one attached hydrogen (secondary N) is 2. The van der Waals surface area contributed by atoms with Gasteiger partial charge >= 0.3 is 6.03 Å². The van der Waals surface area contributed by atoms with Crippen molar-refractivity contribution in [3.63, 3.8) is 0 Å². The van der Waals surface area contributed by atoms with Gasteiger partial charge in [-0.3, -0.25) is 4.79 Å². The van der Waals surface area contributed by atoms with E-state index in [1.807, 2.05) is 4.90 Å². The number of amides is 3. The van der Waals surface area contributed by atoms with E-state index >= 15 is 0 Å². The quantitative estimate of drug-likeness (QED) is 0.880. The Labute approximate surface area is 148 Å². The maximum Gasteiger partial charge on any atom is 0.317 e. The largest absolute Gasteiger partial charge is 0.349 e. The average Bonchev–Trinajstić information content (AvgIpc) is 2.84. The first-order valence-electron chi connectivity index (χ1n) is 9.06. The molecule has 2 aliphatic heterocycles. The molecule has 2 bridgehead atoms. The Kier molecular flexibility index (Phi) is 5.25. The highest BCUT2D eigenvalue weighted by Crippen LogP contribution is 2.35. The molecular formula is C19H26FN3O2. The van der Waals surface area contributed by atoms with Crippen molar-refractivity contribution in [2.24, 2.45) is 5.92 Å².